The molecule has 1 N–H and O–H groups in total. The first kappa shape index (κ1) is 18.2. The van der Waals surface area contributed by atoms with E-state index in [2.05, 4.69) is 16.3 Å². The highest BCUT2D eigenvalue weighted by atomic mass is 16.6. The monoisotopic (exact) mass is 378 g/mol. The molecule has 1 aliphatic rings. The summed E-state index contributed by atoms with van der Waals surface area (Å²) in [5.74, 6) is -0.120. The van der Waals surface area contributed by atoms with Crippen LogP contribution in [0.3, 0.4) is 0 Å². The predicted octanol–water partition coefficient (Wildman–Crippen LogP) is 2.45. The normalized spacial score (nSPS) is 18.2. The van der Waals surface area contributed by atoms with Crippen LogP contribution in [-0.4, -0.2) is 57.7 Å². The third-order valence-electron chi connectivity index (χ3n) is 5.16. The van der Waals surface area contributed by atoms with Crippen LogP contribution in [-0.2, 0) is 11.9 Å². The van der Waals surface area contributed by atoms with Crippen LogP contribution in [0.5, 0.6) is 0 Å². The Kier molecular flexibility index (Phi) is 4.83. The van der Waals surface area contributed by atoms with Crippen LogP contribution >= 0.6 is 0 Å². The van der Waals surface area contributed by atoms with E-state index >= 15 is 0 Å². The zero-order valence-electron chi connectivity index (χ0n) is 15.9. The number of para-hydroxylation sites is 1. The Morgan fingerprint density at radius 2 is 2.07 bits per heavy atom. The summed E-state index contributed by atoms with van der Waals surface area (Å²) in [5.41, 5.74) is 4.49. The lowest BCUT2D eigenvalue weighted by molar-refractivity contribution is 0.0680. The number of aryl methyl sites for hydroxylation is 1. The van der Waals surface area contributed by atoms with Crippen molar-refractivity contribution >= 4 is 22.5 Å². The van der Waals surface area contributed by atoms with E-state index in [9.17, 15) is 9.90 Å². The number of likely N-dealkylation sites (tertiary alicyclic amines) is 1. The van der Waals surface area contributed by atoms with Crippen molar-refractivity contribution in [3.8, 4) is 11.1 Å². The number of benzene rings is 2. The number of carbonyl (C=O) groups is 1. The van der Waals surface area contributed by atoms with E-state index in [0.717, 1.165) is 27.7 Å². The molecule has 1 aromatic heterocycles. The SMILES string of the molecule is CO/N=C1\C[C@@H](CO)N(C(=O)c2ccc(-c3cccc4cnn(C)c34)cc2)C1. The topological polar surface area (TPSA) is 80.0 Å². The summed E-state index contributed by atoms with van der Waals surface area (Å²) >= 11 is 0. The van der Waals surface area contributed by atoms with Gasteiger partial charge in [-0.25, -0.2) is 0 Å². The first-order chi connectivity index (χ1) is 13.6. The van der Waals surface area contributed by atoms with Gasteiger partial charge in [-0.05, 0) is 17.7 Å². The van der Waals surface area contributed by atoms with E-state index < -0.39 is 0 Å². The number of amides is 1. The van der Waals surface area contributed by atoms with Gasteiger partial charge in [0.1, 0.15) is 7.11 Å². The molecule has 0 spiro atoms. The minimum atomic E-state index is -0.274. The van der Waals surface area contributed by atoms with Crippen molar-refractivity contribution in [2.45, 2.75) is 12.5 Å². The van der Waals surface area contributed by atoms with E-state index in [1.807, 2.05) is 54.3 Å². The van der Waals surface area contributed by atoms with Crippen molar-refractivity contribution in [2.75, 3.05) is 20.3 Å². The summed E-state index contributed by atoms with van der Waals surface area (Å²) in [6.07, 6.45) is 2.37. The number of nitrogens with zero attached hydrogens (tertiary/aromatic N) is 4. The fourth-order valence-electron chi connectivity index (χ4n) is 3.79. The van der Waals surface area contributed by atoms with Gasteiger partial charge in [0.05, 0.1) is 36.6 Å². The molecular weight excluding hydrogens is 356 g/mol. The maximum atomic E-state index is 12.9. The second-order valence-electron chi connectivity index (χ2n) is 6.90. The maximum absolute atomic E-state index is 12.9. The molecular formula is C21H22N4O3. The summed E-state index contributed by atoms with van der Waals surface area (Å²) in [4.78, 5) is 19.4. The highest BCUT2D eigenvalue weighted by Crippen LogP contribution is 2.29. The number of carbonyl (C=O) groups excluding carboxylic acids is 1. The zero-order valence-corrected chi connectivity index (χ0v) is 15.9. The Morgan fingerprint density at radius 1 is 1.29 bits per heavy atom. The molecule has 144 valence electrons. The molecule has 0 unspecified atom stereocenters. The second-order valence-corrected chi connectivity index (χ2v) is 6.90. The van der Waals surface area contributed by atoms with Gasteiger partial charge in [-0.15, -0.1) is 0 Å². The van der Waals surface area contributed by atoms with Crippen molar-refractivity contribution in [3.63, 3.8) is 0 Å². The molecule has 0 radical (unpaired) electrons. The van der Waals surface area contributed by atoms with Gasteiger partial charge in [-0.2, -0.15) is 5.10 Å². The molecule has 2 heterocycles. The van der Waals surface area contributed by atoms with Gasteiger partial charge in [-0.3, -0.25) is 9.48 Å². The molecule has 28 heavy (non-hydrogen) atoms. The summed E-state index contributed by atoms with van der Waals surface area (Å²) in [5, 5.41) is 19.0. The molecule has 0 saturated carbocycles. The number of hydrogen-bond acceptors (Lipinski definition) is 5. The molecule has 1 atom stereocenters. The molecule has 1 fully saturated rings. The second kappa shape index (κ2) is 7.44. The Hall–Kier alpha value is -3.19. The van der Waals surface area contributed by atoms with E-state index in [0.29, 0.717) is 18.5 Å². The van der Waals surface area contributed by atoms with Crippen molar-refractivity contribution in [1.82, 2.24) is 14.7 Å². The quantitative estimate of drug-likeness (QED) is 0.707. The number of hydrogen-bond donors (Lipinski definition) is 1. The number of fused-ring (bicyclic) bond motifs is 1. The highest BCUT2D eigenvalue weighted by molar-refractivity contribution is 6.01. The lowest BCUT2D eigenvalue weighted by Gasteiger charge is -2.22. The largest absolute Gasteiger partial charge is 0.399 e. The van der Waals surface area contributed by atoms with Gasteiger partial charge >= 0.3 is 0 Å². The van der Waals surface area contributed by atoms with Crippen LogP contribution in [0.1, 0.15) is 16.8 Å². The van der Waals surface area contributed by atoms with Gasteiger partial charge in [-0.1, -0.05) is 35.5 Å². The molecule has 7 heteroatoms. The summed E-state index contributed by atoms with van der Waals surface area (Å²) in [7, 11) is 3.40. The number of rotatable bonds is 4. The van der Waals surface area contributed by atoms with Crippen molar-refractivity contribution < 1.29 is 14.7 Å². The lowest BCUT2D eigenvalue weighted by Crippen LogP contribution is -2.37. The van der Waals surface area contributed by atoms with Crippen LogP contribution in [0.15, 0.2) is 53.8 Å². The molecule has 1 aliphatic heterocycles. The first-order valence-electron chi connectivity index (χ1n) is 9.14. The van der Waals surface area contributed by atoms with Gasteiger partial charge in [0.25, 0.3) is 5.91 Å². The minimum Gasteiger partial charge on any atom is -0.399 e. The highest BCUT2D eigenvalue weighted by Gasteiger charge is 2.33. The molecule has 2 aromatic carbocycles. The average Bonchev–Trinajstić information content (AvgIpc) is 3.31. The fourth-order valence-corrected chi connectivity index (χ4v) is 3.79. The number of aromatic nitrogens is 2. The third kappa shape index (κ3) is 3.14. The van der Waals surface area contributed by atoms with Crippen LogP contribution in [0.4, 0.5) is 0 Å². The van der Waals surface area contributed by atoms with E-state index in [-0.39, 0.29) is 18.6 Å². The van der Waals surface area contributed by atoms with Crippen LogP contribution in [0, 0.1) is 0 Å². The summed E-state index contributed by atoms with van der Waals surface area (Å²) < 4.78 is 1.86. The van der Waals surface area contributed by atoms with Crippen molar-refractivity contribution in [2.24, 2.45) is 12.2 Å². The van der Waals surface area contributed by atoms with E-state index in [4.69, 9.17) is 4.84 Å². The standard InChI is InChI=1S/C21H22N4O3/c1-24-20-16(11-22-24)4-3-5-19(20)14-6-8-15(9-7-14)21(27)25-12-17(23-28-2)10-18(25)13-26/h3-9,11,18,26H,10,12-13H2,1-2H3/b23-17+/t18-/m0/s1. The molecule has 0 aliphatic carbocycles. The molecule has 3 aromatic rings. The van der Waals surface area contributed by atoms with Gasteiger partial charge in [0.15, 0.2) is 0 Å². The number of aliphatic hydroxyl groups excluding tert-OH is 1. The number of oxime groups is 1. The minimum absolute atomic E-state index is 0.102. The average molecular weight is 378 g/mol. The Bertz CT molecular complexity index is 1040. The summed E-state index contributed by atoms with van der Waals surface area (Å²) in [6, 6.07) is 13.4. The first-order valence-corrected chi connectivity index (χ1v) is 9.14. The van der Waals surface area contributed by atoms with Crippen LogP contribution < -0.4 is 0 Å². The zero-order chi connectivity index (χ0) is 19.7. The van der Waals surface area contributed by atoms with Crippen LogP contribution in [0.25, 0.3) is 22.0 Å². The van der Waals surface area contributed by atoms with Crippen molar-refractivity contribution in [3.05, 3.63) is 54.2 Å². The van der Waals surface area contributed by atoms with E-state index in [1.54, 1.807) is 4.90 Å². The predicted molar refractivity (Wildman–Crippen MR) is 107 cm³/mol. The lowest BCUT2D eigenvalue weighted by atomic mass is 10.0. The van der Waals surface area contributed by atoms with Crippen LogP contribution in [0.2, 0.25) is 0 Å². The maximum Gasteiger partial charge on any atom is 0.254 e. The van der Waals surface area contributed by atoms with Gasteiger partial charge in [0.2, 0.25) is 0 Å². The van der Waals surface area contributed by atoms with Gasteiger partial charge in [0, 0.05) is 30.0 Å². The fraction of sp³-hybridized carbons (Fsp3) is 0.286. The summed E-state index contributed by atoms with van der Waals surface area (Å²) in [6.45, 7) is 0.267. The van der Waals surface area contributed by atoms with E-state index in [1.165, 1.54) is 7.11 Å². The van der Waals surface area contributed by atoms with Crippen molar-refractivity contribution in [1.29, 1.82) is 0 Å². The molecule has 0 bridgehead atoms. The Labute approximate surface area is 162 Å². The Balaban J connectivity index is 1.62. The molecule has 4 rings (SSSR count). The third-order valence-corrected chi connectivity index (χ3v) is 5.16. The smallest absolute Gasteiger partial charge is 0.254 e. The number of aliphatic hydroxyl groups is 1. The Morgan fingerprint density at radius 3 is 2.79 bits per heavy atom. The van der Waals surface area contributed by atoms with Gasteiger partial charge < -0.3 is 14.8 Å². The molecule has 7 nitrogen and oxygen atoms in total. The molecule has 1 amide bonds. The molecule has 1 saturated heterocycles.